The number of amides is 2. The number of hydrogen-bond donors (Lipinski definition) is 3. The highest BCUT2D eigenvalue weighted by molar-refractivity contribution is 5.85. The van der Waals surface area contributed by atoms with Gasteiger partial charge in [-0.25, -0.2) is 0 Å². The average Bonchev–Trinajstić information content (AvgIpc) is 3.34. The van der Waals surface area contributed by atoms with Gasteiger partial charge in [0.15, 0.2) is 0 Å². The van der Waals surface area contributed by atoms with Gasteiger partial charge in [0.05, 0.1) is 18.6 Å². The van der Waals surface area contributed by atoms with E-state index < -0.39 is 18.0 Å². The van der Waals surface area contributed by atoms with Gasteiger partial charge < -0.3 is 16.0 Å². The van der Waals surface area contributed by atoms with E-state index in [0.29, 0.717) is 19.5 Å². The lowest BCUT2D eigenvalue weighted by Gasteiger charge is -2.40. The Labute approximate surface area is 209 Å². The number of aromatic amines is 1. The third-order valence-corrected chi connectivity index (χ3v) is 7.16. The van der Waals surface area contributed by atoms with Crippen LogP contribution < -0.4 is 11.1 Å². The minimum Gasteiger partial charge on any atom is -0.368 e. The fraction of sp³-hybridized carbons (Fsp3) is 0.286. The quantitative estimate of drug-likeness (QED) is 0.373. The maximum atomic E-state index is 13.0. The van der Waals surface area contributed by atoms with Crippen molar-refractivity contribution in [1.29, 1.82) is 0 Å². The molecule has 1 aliphatic rings. The van der Waals surface area contributed by atoms with E-state index in [1.165, 1.54) is 5.56 Å². The van der Waals surface area contributed by atoms with Gasteiger partial charge in [0.1, 0.15) is 0 Å². The second-order valence-electron chi connectivity index (χ2n) is 9.39. The van der Waals surface area contributed by atoms with Crippen LogP contribution in [0.1, 0.15) is 36.9 Å². The zero-order chi connectivity index (χ0) is 25.1. The van der Waals surface area contributed by atoms with Gasteiger partial charge in [-0.2, -0.15) is 0 Å². The first-order chi connectivity index (χ1) is 17.5. The van der Waals surface area contributed by atoms with Crippen LogP contribution in [0.3, 0.4) is 0 Å². The van der Waals surface area contributed by atoms with E-state index in [2.05, 4.69) is 44.5 Å². The molecular weight excluding hydrogens is 452 g/mol. The molecule has 4 aromatic rings. The van der Waals surface area contributed by atoms with Crippen LogP contribution in [0, 0.1) is 0 Å². The van der Waals surface area contributed by atoms with Crippen LogP contribution in [0.5, 0.6) is 0 Å². The number of nitrogens with zero attached hydrogens (tertiary/aromatic N) is 3. The molecule has 0 saturated carbocycles. The minimum atomic E-state index is -0.498. The Bertz CT molecular complexity index is 1320. The Morgan fingerprint density at radius 3 is 2.64 bits per heavy atom. The molecule has 1 aliphatic heterocycles. The molecule has 184 valence electrons. The van der Waals surface area contributed by atoms with E-state index in [-0.39, 0.29) is 11.8 Å². The molecule has 36 heavy (non-hydrogen) atoms. The van der Waals surface area contributed by atoms with Crippen LogP contribution in [-0.2, 0) is 16.1 Å². The van der Waals surface area contributed by atoms with E-state index in [4.69, 9.17) is 5.73 Å². The van der Waals surface area contributed by atoms with Crippen molar-refractivity contribution in [1.82, 2.24) is 25.2 Å². The summed E-state index contributed by atoms with van der Waals surface area (Å²) in [5.74, 6) is -0.316. The van der Waals surface area contributed by atoms with Crippen LogP contribution in [0.2, 0.25) is 0 Å². The number of hydrogen-bond acceptors (Lipinski definition) is 5. The van der Waals surface area contributed by atoms with Crippen LogP contribution >= 0.6 is 0 Å². The number of fused-ring (bicyclic) bond motifs is 1. The third-order valence-electron chi connectivity index (χ3n) is 7.16. The van der Waals surface area contributed by atoms with Crippen molar-refractivity contribution in [3.8, 4) is 11.1 Å². The van der Waals surface area contributed by atoms with Crippen molar-refractivity contribution >= 4 is 22.7 Å². The number of likely N-dealkylation sites (tertiary alicyclic amines) is 1. The summed E-state index contributed by atoms with van der Waals surface area (Å²) in [6, 6.07) is 15.3. The summed E-state index contributed by atoms with van der Waals surface area (Å²) in [4.78, 5) is 38.9. The molecular formula is C28H30N6O2. The van der Waals surface area contributed by atoms with Crippen LogP contribution in [0.4, 0.5) is 0 Å². The van der Waals surface area contributed by atoms with Crippen molar-refractivity contribution in [2.75, 3.05) is 6.54 Å². The summed E-state index contributed by atoms with van der Waals surface area (Å²) in [7, 11) is 0. The number of nitrogens with two attached hydrogens (primary N) is 1. The van der Waals surface area contributed by atoms with Crippen LogP contribution in [-0.4, -0.2) is 50.3 Å². The smallest absolute Gasteiger partial charge is 0.237 e. The molecule has 1 fully saturated rings. The molecule has 0 spiro atoms. The number of primary amides is 1. The Hall–Kier alpha value is -4.04. The molecule has 8 heteroatoms. The highest BCUT2D eigenvalue weighted by Crippen LogP contribution is 2.33. The maximum absolute atomic E-state index is 13.0. The lowest BCUT2D eigenvalue weighted by Crippen LogP contribution is -2.56. The summed E-state index contributed by atoms with van der Waals surface area (Å²) >= 11 is 0. The molecule has 2 unspecified atom stereocenters. The zero-order valence-corrected chi connectivity index (χ0v) is 20.2. The molecule has 3 aromatic heterocycles. The third kappa shape index (κ3) is 4.99. The number of pyridine rings is 2. The molecule has 0 bridgehead atoms. The molecule has 2 amide bonds. The number of carbonyl (C=O) groups is 2. The number of H-pyrrole nitrogens is 1. The fourth-order valence-electron chi connectivity index (χ4n) is 5.12. The molecule has 3 atom stereocenters. The second-order valence-corrected chi connectivity index (χ2v) is 9.39. The Kier molecular flexibility index (Phi) is 6.77. The van der Waals surface area contributed by atoms with Crippen molar-refractivity contribution in [3.63, 3.8) is 0 Å². The van der Waals surface area contributed by atoms with Crippen LogP contribution in [0.25, 0.3) is 22.0 Å². The highest BCUT2D eigenvalue weighted by atomic mass is 16.2. The van der Waals surface area contributed by atoms with Gasteiger partial charge in [-0.15, -0.1) is 0 Å². The fourth-order valence-corrected chi connectivity index (χ4v) is 5.12. The number of nitrogens with one attached hydrogen (secondary N) is 2. The first-order valence-corrected chi connectivity index (χ1v) is 12.2. The first kappa shape index (κ1) is 23.7. The monoisotopic (exact) mass is 482 g/mol. The largest absolute Gasteiger partial charge is 0.368 e. The normalized spacial score (nSPS) is 19.1. The van der Waals surface area contributed by atoms with E-state index in [9.17, 15) is 9.59 Å². The Morgan fingerprint density at radius 2 is 1.92 bits per heavy atom. The Balaban J connectivity index is 1.22. The maximum Gasteiger partial charge on any atom is 0.237 e. The Morgan fingerprint density at radius 1 is 1.11 bits per heavy atom. The average molecular weight is 483 g/mol. The molecule has 5 rings (SSSR count). The van der Waals surface area contributed by atoms with Crippen molar-refractivity contribution in [2.45, 2.75) is 44.3 Å². The minimum absolute atomic E-state index is 0.127. The zero-order valence-electron chi connectivity index (χ0n) is 20.2. The molecule has 0 radical (unpaired) electrons. The van der Waals surface area contributed by atoms with E-state index in [1.54, 1.807) is 18.6 Å². The second kappa shape index (κ2) is 10.3. The summed E-state index contributed by atoms with van der Waals surface area (Å²) in [5.41, 5.74) is 11.0. The van der Waals surface area contributed by atoms with Crippen molar-refractivity contribution in [3.05, 3.63) is 84.6 Å². The summed E-state index contributed by atoms with van der Waals surface area (Å²) < 4.78 is 0. The summed E-state index contributed by atoms with van der Waals surface area (Å²) in [5, 5.41) is 3.99. The number of carbonyl (C=O) groups excluding carboxylic acids is 2. The molecule has 8 nitrogen and oxygen atoms in total. The lowest BCUT2D eigenvalue weighted by molar-refractivity contribution is -0.132. The van der Waals surface area contributed by atoms with Gasteiger partial charge >= 0.3 is 0 Å². The standard InChI is InChI=1S/C28H30N6O2/c1-18(28(36)32-17-24-13-23-16-31-11-8-25(23)33-24)34-12-9-21(14-26(34)27(29)35)19-4-6-20(7-5-19)22-3-2-10-30-15-22/h2-8,10-11,13,15-16,18,21,26,33H,9,12,14,17H2,1H3,(H2,29,35)(H,32,36)/t18-,21?,26?/m0/s1. The van der Waals surface area contributed by atoms with Gasteiger partial charge in [-0.05, 0) is 60.6 Å². The topological polar surface area (TPSA) is 117 Å². The van der Waals surface area contributed by atoms with Gasteiger partial charge in [-0.1, -0.05) is 30.3 Å². The van der Waals surface area contributed by atoms with E-state index in [1.807, 2.05) is 42.3 Å². The van der Waals surface area contributed by atoms with E-state index >= 15 is 0 Å². The first-order valence-electron chi connectivity index (χ1n) is 12.2. The number of piperidine rings is 1. The molecule has 1 saturated heterocycles. The van der Waals surface area contributed by atoms with E-state index in [0.717, 1.165) is 34.1 Å². The molecule has 4 heterocycles. The van der Waals surface area contributed by atoms with Gasteiger partial charge in [0.25, 0.3) is 0 Å². The molecule has 4 N–H and O–H groups in total. The van der Waals surface area contributed by atoms with Gasteiger partial charge in [-0.3, -0.25) is 24.5 Å². The van der Waals surface area contributed by atoms with Gasteiger partial charge in [0, 0.05) is 47.9 Å². The highest BCUT2D eigenvalue weighted by Gasteiger charge is 2.37. The lowest BCUT2D eigenvalue weighted by atomic mass is 9.84. The SMILES string of the molecule is C[C@@H](C(=O)NCc1cc2cnccc2[nH]1)N1CCC(c2ccc(-c3cccnc3)cc2)CC1C(N)=O. The van der Waals surface area contributed by atoms with Crippen molar-refractivity contribution in [2.24, 2.45) is 5.73 Å². The summed E-state index contributed by atoms with van der Waals surface area (Å²) in [6.45, 7) is 2.83. The molecule has 1 aromatic carbocycles. The van der Waals surface area contributed by atoms with Crippen LogP contribution in [0.15, 0.2) is 73.3 Å². The number of aromatic nitrogens is 3. The number of rotatable bonds is 7. The summed E-state index contributed by atoms with van der Waals surface area (Å²) in [6.07, 6.45) is 8.56. The van der Waals surface area contributed by atoms with Gasteiger partial charge in [0.2, 0.25) is 11.8 Å². The predicted octanol–water partition coefficient (Wildman–Crippen LogP) is 3.36. The number of benzene rings is 1. The predicted molar refractivity (Wildman–Crippen MR) is 139 cm³/mol. The van der Waals surface area contributed by atoms with Crippen molar-refractivity contribution < 1.29 is 9.59 Å². The molecule has 0 aliphatic carbocycles.